The second-order valence-corrected chi connectivity index (χ2v) is 12.8. The summed E-state index contributed by atoms with van der Waals surface area (Å²) in [6.45, 7) is 16.2. The molecule has 3 aliphatic rings. The summed E-state index contributed by atoms with van der Waals surface area (Å²) in [6.07, 6.45) is 4.24. The number of anilines is 2. The Bertz CT molecular complexity index is 1700. The smallest absolute Gasteiger partial charge is 0.318 e. The molecule has 1 aliphatic carbocycles. The minimum absolute atomic E-state index is 0.0205. The molecule has 1 aromatic carbocycles. The topological polar surface area (TPSA) is 82.3 Å². The maximum Gasteiger partial charge on any atom is 0.318 e. The first kappa shape index (κ1) is 32.5. The highest BCUT2D eigenvalue weighted by Crippen LogP contribution is 2.42. The molecular formula is C34H39F3N8O2. The number of alkyl halides is 2. The molecule has 0 bridgehead atoms. The number of ether oxygens (including phenoxy) is 1. The number of amides is 1. The summed E-state index contributed by atoms with van der Waals surface area (Å²) in [5, 5.41) is 2.20. The van der Waals surface area contributed by atoms with Crippen LogP contribution in [0.15, 0.2) is 43.0 Å². The van der Waals surface area contributed by atoms with E-state index in [0.29, 0.717) is 51.5 Å². The SMILES string of the molecule is [C-]#[N+]C[C@H]1CN(c2nc(OCCN(C)CC3CC(F)(F)C3)nc3c2CCN(c2cncc4cccc(C)c24)C3)CCN1C(=O)C(=C)F. The number of aromatic nitrogens is 3. The predicted octanol–water partition coefficient (Wildman–Crippen LogP) is 4.67. The van der Waals surface area contributed by atoms with Gasteiger partial charge in [-0.3, -0.25) is 9.78 Å². The van der Waals surface area contributed by atoms with Gasteiger partial charge in [0.1, 0.15) is 18.5 Å². The van der Waals surface area contributed by atoms with Gasteiger partial charge in [0.15, 0.2) is 5.83 Å². The number of likely N-dealkylation sites (N-methyl/N-ethyl adjacent to an activating group) is 1. The van der Waals surface area contributed by atoms with Crippen molar-refractivity contribution in [3.63, 3.8) is 0 Å². The molecule has 6 rings (SSSR count). The molecular weight excluding hydrogens is 609 g/mol. The lowest BCUT2D eigenvalue weighted by Crippen LogP contribution is -2.57. The van der Waals surface area contributed by atoms with E-state index in [0.717, 1.165) is 33.3 Å². The van der Waals surface area contributed by atoms with Gasteiger partial charge in [0, 0.05) is 74.6 Å². The summed E-state index contributed by atoms with van der Waals surface area (Å²) in [7, 11) is 1.89. The lowest BCUT2D eigenvalue weighted by molar-refractivity contribution is -0.131. The fourth-order valence-electron chi connectivity index (χ4n) is 7.03. The number of fused-ring (bicyclic) bond motifs is 2. The average Bonchev–Trinajstić information content (AvgIpc) is 3.03. The molecule has 2 fully saturated rings. The second kappa shape index (κ2) is 13.4. The van der Waals surface area contributed by atoms with E-state index in [4.69, 9.17) is 21.3 Å². The van der Waals surface area contributed by atoms with Gasteiger partial charge in [0.2, 0.25) is 12.5 Å². The molecule has 4 heterocycles. The molecule has 0 unspecified atom stereocenters. The Kier molecular flexibility index (Phi) is 9.23. The number of hydrogen-bond acceptors (Lipinski definition) is 8. The zero-order valence-corrected chi connectivity index (χ0v) is 26.8. The Hall–Kier alpha value is -4.44. The van der Waals surface area contributed by atoms with Crippen molar-refractivity contribution < 1.29 is 22.7 Å². The van der Waals surface area contributed by atoms with Crippen molar-refractivity contribution in [3.05, 3.63) is 71.2 Å². The van der Waals surface area contributed by atoms with E-state index in [9.17, 15) is 18.0 Å². The van der Waals surface area contributed by atoms with Crippen LogP contribution in [0.4, 0.5) is 24.7 Å². The van der Waals surface area contributed by atoms with Crippen molar-refractivity contribution in [2.24, 2.45) is 5.92 Å². The van der Waals surface area contributed by atoms with E-state index in [-0.39, 0.29) is 44.5 Å². The van der Waals surface area contributed by atoms with E-state index in [2.05, 4.69) is 40.4 Å². The lowest BCUT2D eigenvalue weighted by atomic mass is 9.81. The lowest BCUT2D eigenvalue weighted by Gasteiger charge is -2.41. The number of carbonyl (C=O) groups excluding carboxylic acids is 1. The van der Waals surface area contributed by atoms with Crippen LogP contribution >= 0.6 is 0 Å². The molecule has 1 amide bonds. The van der Waals surface area contributed by atoms with E-state index < -0.39 is 23.7 Å². The summed E-state index contributed by atoms with van der Waals surface area (Å²) < 4.78 is 46.6. The van der Waals surface area contributed by atoms with Crippen LogP contribution in [0.1, 0.15) is 29.7 Å². The van der Waals surface area contributed by atoms with Gasteiger partial charge in [0.25, 0.3) is 5.91 Å². The average molecular weight is 649 g/mol. The minimum atomic E-state index is -2.55. The fraction of sp³-hybridized carbons (Fsp3) is 0.500. The predicted molar refractivity (Wildman–Crippen MR) is 173 cm³/mol. The summed E-state index contributed by atoms with van der Waals surface area (Å²) in [5.74, 6) is -3.73. The third kappa shape index (κ3) is 6.98. The standard InChI is InChI=1S/C34H39F3N8O2/c1-22-6-5-7-25-16-39-18-29(30(22)25)43-9-8-27-28(21-43)40-33(47-13-12-42(4)19-24-14-34(36,37)15-24)41-31(27)44-10-11-45(32(46)23(2)35)26(20-44)17-38-3/h5-7,16,18,24,26H,2,8-15,17,19-21H2,1,4H3/t26-/m0/s1. The first-order valence-electron chi connectivity index (χ1n) is 15.9. The number of carbonyl (C=O) groups is 1. The zero-order chi connectivity index (χ0) is 33.3. The number of nitrogens with zero attached hydrogens (tertiary/aromatic N) is 8. The van der Waals surface area contributed by atoms with Crippen LogP contribution < -0.4 is 14.5 Å². The molecule has 1 saturated heterocycles. The van der Waals surface area contributed by atoms with E-state index >= 15 is 0 Å². The first-order chi connectivity index (χ1) is 22.5. The number of rotatable bonds is 10. The maximum absolute atomic E-state index is 13.8. The van der Waals surface area contributed by atoms with Crippen molar-refractivity contribution in [3.8, 4) is 6.01 Å². The number of hydrogen-bond donors (Lipinski definition) is 0. The van der Waals surface area contributed by atoms with Crippen molar-refractivity contribution in [1.29, 1.82) is 0 Å². The maximum atomic E-state index is 13.8. The van der Waals surface area contributed by atoms with Crippen LogP contribution in [0.5, 0.6) is 6.01 Å². The Morgan fingerprint density at radius 2 is 2.00 bits per heavy atom. The largest absolute Gasteiger partial charge is 0.462 e. The van der Waals surface area contributed by atoms with Gasteiger partial charge in [-0.1, -0.05) is 24.8 Å². The Balaban J connectivity index is 1.26. The van der Waals surface area contributed by atoms with Crippen LogP contribution in [0.2, 0.25) is 0 Å². The second-order valence-electron chi connectivity index (χ2n) is 12.8. The molecule has 248 valence electrons. The molecule has 2 aliphatic heterocycles. The van der Waals surface area contributed by atoms with Gasteiger partial charge in [-0.25, -0.2) is 19.7 Å². The Labute approximate surface area is 272 Å². The number of piperazine rings is 1. The quantitative estimate of drug-likeness (QED) is 0.232. The van der Waals surface area contributed by atoms with Gasteiger partial charge in [-0.15, -0.1) is 0 Å². The van der Waals surface area contributed by atoms with Crippen LogP contribution in [0.25, 0.3) is 15.6 Å². The van der Waals surface area contributed by atoms with Crippen molar-refractivity contribution in [2.45, 2.75) is 44.7 Å². The first-order valence-corrected chi connectivity index (χ1v) is 15.9. The van der Waals surface area contributed by atoms with Gasteiger partial charge in [-0.2, -0.15) is 9.97 Å². The number of benzene rings is 1. The molecule has 0 spiro atoms. The Morgan fingerprint density at radius 1 is 1.19 bits per heavy atom. The third-order valence-corrected chi connectivity index (χ3v) is 9.36. The molecule has 3 aromatic rings. The van der Waals surface area contributed by atoms with E-state index in [1.165, 1.54) is 4.90 Å². The summed E-state index contributed by atoms with van der Waals surface area (Å²) in [4.78, 5) is 37.9. The normalized spacial score (nSPS) is 19.3. The van der Waals surface area contributed by atoms with Gasteiger partial charge in [-0.05, 0) is 31.9 Å². The molecule has 1 atom stereocenters. The molecule has 47 heavy (non-hydrogen) atoms. The molecule has 10 nitrogen and oxygen atoms in total. The van der Waals surface area contributed by atoms with Crippen LogP contribution in [0.3, 0.4) is 0 Å². The van der Waals surface area contributed by atoms with Crippen molar-refractivity contribution in [1.82, 2.24) is 24.8 Å². The van der Waals surface area contributed by atoms with Crippen molar-refractivity contribution in [2.75, 3.05) is 69.3 Å². The molecule has 0 N–H and O–H groups in total. The Morgan fingerprint density at radius 3 is 2.74 bits per heavy atom. The van der Waals surface area contributed by atoms with Crippen LogP contribution in [-0.4, -0.2) is 102 Å². The molecule has 13 heteroatoms. The van der Waals surface area contributed by atoms with Gasteiger partial charge >= 0.3 is 6.01 Å². The highest BCUT2D eigenvalue weighted by atomic mass is 19.3. The third-order valence-electron chi connectivity index (χ3n) is 9.36. The molecule has 2 aromatic heterocycles. The summed E-state index contributed by atoms with van der Waals surface area (Å²) >= 11 is 0. The highest BCUT2D eigenvalue weighted by molar-refractivity contribution is 5.96. The number of aryl methyl sites for hydroxylation is 1. The summed E-state index contributed by atoms with van der Waals surface area (Å²) in [6, 6.07) is 5.83. The van der Waals surface area contributed by atoms with Crippen LogP contribution in [0, 0.1) is 19.4 Å². The molecule has 0 radical (unpaired) electrons. The highest BCUT2D eigenvalue weighted by Gasteiger charge is 2.45. The monoisotopic (exact) mass is 648 g/mol. The number of pyridine rings is 1. The summed E-state index contributed by atoms with van der Waals surface area (Å²) in [5.41, 5.74) is 3.96. The van der Waals surface area contributed by atoms with E-state index in [1.54, 1.807) is 0 Å². The van der Waals surface area contributed by atoms with Crippen LogP contribution in [-0.2, 0) is 17.8 Å². The van der Waals surface area contributed by atoms with Gasteiger partial charge < -0.3 is 29.2 Å². The zero-order valence-electron chi connectivity index (χ0n) is 26.8. The molecule has 1 saturated carbocycles. The van der Waals surface area contributed by atoms with Crippen molar-refractivity contribution >= 4 is 28.2 Å². The van der Waals surface area contributed by atoms with Gasteiger partial charge in [0.05, 0.1) is 24.1 Å². The number of halogens is 3. The van der Waals surface area contributed by atoms with E-state index in [1.807, 2.05) is 35.3 Å². The fourth-order valence-corrected chi connectivity index (χ4v) is 7.03. The minimum Gasteiger partial charge on any atom is -0.462 e.